The first-order valence-corrected chi connectivity index (χ1v) is 8.76. The quantitative estimate of drug-likeness (QED) is 0.885. The van der Waals surface area contributed by atoms with Crippen molar-refractivity contribution in [3.05, 3.63) is 33.8 Å². The molecular weight excluding hydrogens is 328 g/mol. The second-order valence-corrected chi connectivity index (χ2v) is 7.08. The summed E-state index contributed by atoms with van der Waals surface area (Å²) in [7, 11) is 0. The molecule has 0 aliphatic carbocycles. The Kier molecular flexibility index (Phi) is 4.65. The number of benzene rings is 1. The van der Waals surface area contributed by atoms with E-state index in [4.69, 9.17) is 0 Å². The summed E-state index contributed by atoms with van der Waals surface area (Å²) in [6, 6.07) is 6.78. The van der Waals surface area contributed by atoms with Gasteiger partial charge in [-0.2, -0.15) is 0 Å². The van der Waals surface area contributed by atoms with Crippen LogP contribution < -0.4 is 5.32 Å². The van der Waals surface area contributed by atoms with Crippen LogP contribution in [0, 0.1) is 6.92 Å². The molecule has 3 nitrogen and oxygen atoms in total. The summed E-state index contributed by atoms with van der Waals surface area (Å²) in [4.78, 5) is 15.0. The van der Waals surface area contributed by atoms with Crippen molar-refractivity contribution in [1.29, 1.82) is 0 Å². The number of carbonyl (C=O) groups excluding carboxylic acids is 1. The number of hydrogen-bond acceptors (Lipinski definition) is 2. The molecule has 2 heterocycles. The number of nitrogens with one attached hydrogen (secondary N) is 1. The topological polar surface area (TPSA) is 32.3 Å². The zero-order valence-corrected chi connectivity index (χ0v) is 14.2. The average molecular weight is 351 g/mol. The minimum absolute atomic E-state index is 0.198. The molecule has 0 radical (unpaired) electrons. The monoisotopic (exact) mass is 350 g/mol. The highest BCUT2D eigenvalue weighted by Gasteiger charge is 2.34. The third-order valence-electron chi connectivity index (χ3n) is 4.78. The van der Waals surface area contributed by atoms with E-state index in [9.17, 15) is 4.79 Å². The van der Waals surface area contributed by atoms with Crippen molar-refractivity contribution < 1.29 is 4.79 Å². The van der Waals surface area contributed by atoms with Gasteiger partial charge < -0.3 is 10.2 Å². The second-order valence-electron chi connectivity index (χ2n) is 6.23. The molecule has 114 valence electrons. The van der Waals surface area contributed by atoms with E-state index in [1.807, 2.05) is 25.1 Å². The van der Waals surface area contributed by atoms with Crippen LogP contribution in [0.1, 0.15) is 48.0 Å². The lowest BCUT2D eigenvalue weighted by molar-refractivity contribution is 0.0563. The van der Waals surface area contributed by atoms with Gasteiger partial charge in [0.05, 0.1) is 0 Å². The Balaban J connectivity index is 1.81. The van der Waals surface area contributed by atoms with Crippen LogP contribution in [0.25, 0.3) is 0 Å². The molecule has 1 amide bonds. The number of likely N-dealkylation sites (tertiary alicyclic amines) is 1. The Morgan fingerprint density at radius 1 is 1.29 bits per heavy atom. The van der Waals surface area contributed by atoms with Gasteiger partial charge in [-0.3, -0.25) is 4.79 Å². The lowest BCUT2D eigenvalue weighted by Crippen LogP contribution is -2.52. The summed E-state index contributed by atoms with van der Waals surface area (Å²) in [5.74, 6) is 0.198. The van der Waals surface area contributed by atoms with Crippen molar-refractivity contribution >= 4 is 21.8 Å². The molecule has 2 aliphatic rings. The fourth-order valence-corrected chi connectivity index (χ4v) is 3.86. The van der Waals surface area contributed by atoms with Gasteiger partial charge in [0, 0.05) is 28.7 Å². The van der Waals surface area contributed by atoms with Crippen LogP contribution in [0.3, 0.4) is 0 Å². The standard InChI is InChI=1S/C17H23BrN2O/c1-12-11-13(7-8-14(12)18)17(21)20-10-3-2-6-16(20)15-5-4-9-19-15/h7-8,11,15-16,19H,2-6,9-10H2,1H3. The van der Waals surface area contributed by atoms with Crippen molar-refractivity contribution in [3.63, 3.8) is 0 Å². The third kappa shape index (κ3) is 3.16. The SMILES string of the molecule is Cc1cc(C(=O)N2CCCCC2C2CCCN2)ccc1Br. The summed E-state index contributed by atoms with van der Waals surface area (Å²) >= 11 is 3.51. The van der Waals surface area contributed by atoms with Crippen LogP contribution in [0.4, 0.5) is 0 Å². The number of carbonyl (C=O) groups is 1. The van der Waals surface area contributed by atoms with Crippen molar-refractivity contribution in [2.24, 2.45) is 0 Å². The number of hydrogen-bond donors (Lipinski definition) is 1. The van der Waals surface area contributed by atoms with Gasteiger partial charge in [0.25, 0.3) is 5.91 Å². The van der Waals surface area contributed by atoms with E-state index in [0.717, 1.165) is 41.5 Å². The van der Waals surface area contributed by atoms with Gasteiger partial charge in [0.15, 0.2) is 0 Å². The number of nitrogens with zero attached hydrogens (tertiary/aromatic N) is 1. The molecule has 2 aliphatic heterocycles. The minimum Gasteiger partial charge on any atom is -0.334 e. The fraction of sp³-hybridized carbons (Fsp3) is 0.588. The van der Waals surface area contributed by atoms with E-state index < -0.39 is 0 Å². The third-order valence-corrected chi connectivity index (χ3v) is 5.67. The summed E-state index contributed by atoms with van der Waals surface area (Å²) in [5, 5.41) is 3.58. The number of rotatable bonds is 2. The molecule has 4 heteroatoms. The highest BCUT2D eigenvalue weighted by atomic mass is 79.9. The minimum atomic E-state index is 0.198. The lowest BCUT2D eigenvalue weighted by atomic mass is 9.93. The Bertz CT molecular complexity index is 526. The predicted octanol–water partition coefficient (Wildman–Crippen LogP) is 3.50. The number of piperidine rings is 1. The van der Waals surface area contributed by atoms with Gasteiger partial charge in [-0.25, -0.2) is 0 Å². The predicted molar refractivity (Wildman–Crippen MR) is 88.6 cm³/mol. The van der Waals surface area contributed by atoms with Crippen molar-refractivity contribution in [3.8, 4) is 0 Å². The maximum atomic E-state index is 12.9. The molecule has 2 saturated heterocycles. The summed E-state index contributed by atoms with van der Waals surface area (Å²) < 4.78 is 1.06. The molecule has 2 fully saturated rings. The molecule has 0 saturated carbocycles. The first-order chi connectivity index (χ1) is 10.2. The Morgan fingerprint density at radius 3 is 2.86 bits per heavy atom. The second kappa shape index (κ2) is 6.49. The zero-order valence-electron chi connectivity index (χ0n) is 12.6. The molecular formula is C17H23BrN2O. The van der Waals surface area contributed by atoms with E-state index in [1.54, 1.807) is 0 Å². The van der Waals surface area contributed by atoms with E-state index in [2.05, 4.69) is 26.1 Å². The van der Waals surface area contributed by atoms with Gasteiger partial charge in [-0.15, -0.1) is 0 Å². The first-order valence-electron chi connectivity index (χ1n) is 7.97. The summed E-state index contributed by atoms with van der Waals surface area (Å²) in [6.07, 6.45) is 5.95. The summed E-state index contributed by atoms with van der Waals surface area (Å²) in [5.41, 5.74) is 1.94. The van der Waals surface area contributed by atoms with Gasteiger partial charge in [0.2, 0.25) is 0 Å². The summed E-state index contributed by atoms with van der Waals surface area (Å²) in [6.45, 7) is 4.03. The van der Waals surface area contributed by atoms with Gasteiger partial charge >= 0.3 is 0 Å². The highest BCUT2D eigenvalue weighted by molar-refractivity contribution is 9.10. The molecule has 0 bridgehead atoms. The Hall–Kier alpha value is -0.870. The van der Waals surface area contributed by atoms with Crippen LogP contribution in [0.5, 0.6) is 0 Å². The average Bonchev–Trinajstić information content (AvgIpc) is 3.03. The molecule has 0 spiro atoms. The van der Waals surface area contributed by atoms with Crippen LogP contribution in [0.2, 0.25) is 0 Å². The lowest BCUT2D eigenvalue weighted by Gasteiger charge is -2.39. The van der Waals surface area contributed by atoms with Crippen LogP contribution in [-0.2, 0) is 0 Å². The van der Waals surface area contributed by atoms with Crippen molar-refractivity contribution in [1.82, 2.24) is 10.2 Å². The molecule has 1 aromatic rings. The van der Waals surface area contributed by atoms with Crippen LogP contribution in [0.15, 0.2) is 22.7 Å². The maximum absolute atomic E-state index is 12.9. The Labute approximate surface area is 135 Å². The number of halogens is 1. The van der Waals surface area contributed by atoms with Gasteiger partial charge in [-0.05, 0) is 69.3 Å². The molecule has 2 atom stereocenters. The Morgan fingerprint density at radius 2 is 2.14 bits per heavy atom. The maximum Gasteiger partial charge on any atom is 0.254 e. The first kappa shape index (κ1) is 15.0. The van der Waals surface area contributed by atoms with Crippen LogP contribution >= 0.6 is 15.9 Å². The molecule has 21 heavy (non-hydrogen) atoms. The number of aryl methyl sites for hydroxylation is 1. The van der Waals surface area contributed by atoms with E-state index >= 15 is 0 Å². The molecule has 1 aromatic carbocycles. The largest absolute Gasteiger partial charge is 0.334 e. The highest BCUT2D eigenvalue weighted by Crippen LogP contribution is 2.26. The van der Waals surface area contributed by atoms with E-state index in [1.165, 1.54) is 19.3 Å². The van der Waals surface area contributed by atoms with Gasteiger partial charge in [0.1, 0.15) is 0 Å². The molecule has 1 N–H and O–H groups in total. The fourth-order valence-electron chi connectivity index (χ4n) is 3.61. The molecule has 2 unspecified atom stereocenters. The molecule has 3 rings (SSSR count). The van der Waals surface area contributed by atoms with E-state index in [0.29, 0.717) is 12.1 Å². The smallest absolute Gasteiger partial charge is 0.254 e. The zero-order chi connectivity index (χ0) is 14.8. The van der Waals surface area contributed by atoms with Gasteiger partial charge in [-0.1, -0.05) is 15.9 Å². The normalized spacial score (nSPS) is 26.1. The van der Waals surface area contributed by atoms with Crippen LogP contribution in [-0.4, -0.2) is 36.0 Å². The van der Waals surface area contributed by atoms with Crippen molar-refractivity contribution in [2.75, 3.05) is 13.1 Å². The number of amides is 1. The molecule has 0 aromatic heterocycles. The van der Waals surface area contributed by atoms with E-state index in [-0.39, 0.29) is 5.91 Å². The van der Waals surface area contributed by atoms with Crippen molar-refractivity contribution in [2.45, 2.75) is 51.1 Å².